The van der Waals surface area contributed by atoms with Crippen molar-refractivity contribution in [1.29, 1.82) is 0 Å². The maximum absolute atomic E-state index is 10.1. The highest BCUT2D eigenvalue weighted by Gasteiger charge is 2.25. The topological polar surface area (TPSA) is 47.9 Å². The van der Waals surface area contributed by atoms with Crippen LogP contribution in [0.15, 0.2) is 60.7 Å². The summed E-state index contributed by atoms with van der Waals surface area (Å²) in [6, 6.07) is 19.6. The van der Waals surface area contributed by atoms with Crippen LogP contribution in [0.4, 0.5) is 0 Å². The van der Waals surface area contributed by atoms with Gasteiger partial charge in [0, 0.05) is 16.7 Å². The molecule has 0 radical (unpaired) electrons. The molecule has 142 valence electrons. The van der Waals surface area contributed by atoms with Crippen LogP contribution in [0.3, 0.4) is 0 Å². The second-order valence-corrected chi connectivity index (χ2v) is 6.69. The molecular formula is C24H22O4. The number of rotatable bonds is 4. The van der Waals surface area contributed by atoms with Crippen LogP contribution >= 0.6 is 0 Å². The normalized spacial score (nSPS) is 13.0. The van der Waals surface area contributed by atoms with Crippen molar-refractivity contribution in [2.75, 3.05) is 20.8 Å². The van der Waals surface area contributed by atoms with Crippen molar-refractivity contribution < 1.29 is 19.3 Å². The van der Waals surface area contributed by atoms with Gasteiger partial charge >= 0.3 is 0 Å². The molecule has 0 saturated carbocycles. The van der Waals surface area contributed by atoms with E-state index in [9.17, 15) is 5.11 Å². The lowest BCUT2D eigenvalue weighted by Gasteiger charge is -2.26. The van der Waals surface area contributed by atoms with E-state index in [1.165, 1.54) is 0 Å². The zero-order valence-corrected chi connectivity index (χ0v) is 16.2. The summed E-state index contributed by atoms with van der Waals surface area (Å²) in [5.74, 6) is 2.58. The van der Waals surface area contributed by atoms with E-state index >= 15 is 0 Å². The lowest BCUT2D eigenvalue weighted by atomic mass is 9.86. The lowest BCUT2D eigenvalue weighted by Crippen LogP contribution is -2.12. The van der Waals surface area contributed by atoms with Crippen molar-refractivity contribution in [1.82, 2.24) is 0 Å². The summed E-state index contributed by atoms with van der Waals surface area (Å²) in [6.45, 7) is 2.29. The predicted molar refractivity (Wildman–Crippen MR) is 110 cm³/mol. The van der Waals surface area contributed by atoms with E-state index in [2.05, 4.69) is 12.1 Å². The Labute approximate surface area is 164 Å². The summed E-state index contributed by atoms with van der Waals surface area (Å²) in [6.07, 6.45) is 0. The number of phenols is 1. The third kappa shape index (κ3) is 3.07. The van der Waals surface area contributed by atoms with E-state index in [1.807, 2.05) is 49.4 Å². The average molecular weight is 374 g/mol. The maximum Gasteiger partial charge on any atom is 0.134 e. The maximum atomic E-state index is 10.1. The molecule has 0 atom stereocenters. The molecule has 1 aliphatic rings. The summed E-state index contributed by atoms with van der Waals surface area (Å²) in [7, 11) is 3.32. The number of methoxy groups -OCH3 is 2. The van der Waals surface area contributed by atoms with Crippen molar-refractivity contribution in [2.24, 2.45) is 0 Å². The Morgan fingerprint density at radius 3 is 1.93 bits per heavy atom. The van der Waals surface area contributed by atoms with Crippen LogP contribution in [0.2, 0.25) is 0 Å². The number of hydrogen-bond donors (Lipinski definition) is 1. The fraction of sp³-hybridized carbons (Fsp3) is 0.167. The van der Waals surface area contributed by atoms with Gasteiger partial charge in [-0.1, -0.05) is 24.3 Å². The number of aromatic hydroxyl groups is 1. The van der Waals surface area contributed by atoms with Gasteiger partial charge in [0.25, 0.3) is 0 Å². The monoisotopic (exact) mass is 374 g/mol. The van der Waals surface area contributed by atoms with Crippen LogP contribution in [0.1, 0.15) is 22.3 Å². The van der Waals surface area contributed by atoms with Gasteiger partial charge in [0.05, 0.1) is 14.2 Å². The summed E-state index contributed by atoms with van der Waals surface area (Å²) in [5.41, 5.74) is 6.04. The molecule has 0 bridgehead atoms. The third-order valence-electron chi connectivity index (χ3n) is 5.13. The third-order valence-corrected chi connectivity index (χ3v) is 5.13. The molecule has 4 nitrogen and oxygen atoms in total. The molecule has 0 fully saturated rings. The van der Waals surface area contributed by atoms with E-state index < -0.39 is 0 Å². The number of ether oxygens (including phenoxy) is 3. The van der Waals surface area contributed by atoms with Gasteiger partial charge in [-0.25, -0.2) is 0 Å². The van der Waals surface area contributed by atoms with E-state index in [4.69, 9.17) is 14.2 Å². The highest BCUT2D eigenvalue weighted by molar-refractivity contribution is 6.02. The molecule has 0 unspecified atom stereocenters. The zero-order valence-electron chi connectivity index (χ0n) is 16.2. The fourth-order valence-electron chi connectivity index (χ4n) is 3.55. The van der Waals surface area contributed by atoms with Gasteiger partial charge in [-0.3, -0.25) is 0 Å². The molecule has 0 amide bonds. The van der Waals surface area contributed by atoms with Crippen LogP contribution in [0, 0.1) is 6.92 Å². The number of fused-ring (bicyclic) bond motifs is 1. The molecule has 1 N–H and O–H groups in total. The molecule has 28 heavy (non-hydrogen) atoms. The molecule has 3 aromatic carbocycles. The van der Waals surface area contributed by atoms with Crippen molar-refractivity contribution in [3.8, 4) is 23.0 Å². The molecule has 1 heterocycles. The van der Waals surface area contributed by atoms with Crippen LogP contribution in [0.25, 0.3) is 11.1 Å². The molecule has 0 spiro atoms. The molecule has 1 aliphatic heterocycles. The Morgan fingerprint density at radius 2 is 1.36 bits per heavy atom. The van der Waals surface area contributed by atoms with Gasteiger partial charge in [-0.05, 0) is 60.0 Å². The van der Waals surface area contributed by atoms with Gasteiger partial charge in [0.2, 0.25) is 0 Å². The highest BCUT2D eigenvalue weighted by Crippen LogP contribution is 2.44. The van der Waals surface area contributed by atoms with Gasteiger partial charge in [0.15, 0.2) is 0 Å². The highest BCUT2D eigenvalue weighted by atomic mass is 16.5. The molecule has 3 aromatic rings. The summed E-state index contributed by atoms with van der Waals surface area (Å²) in [5, 5.41) is 10.1. The van der Waals surface area contributed by atoms with Crippen LogP contribution in [0.5, 0.6) is 23.0 Å². The Morgan fingerprint density at radius 1 is 0.786 bits per heavy atom. The first kappa shape index (κ1) is 18.0. The first-order chi connectivity index (χ1) is 13.6. The molecule has 4 rings (SSSR count). The second kappa shape index (κ2) is 7.31. The van der Waals surface area contributed by atoms with Crippen molar-refractivity contribution in [2.45, 2.75) is 6.92 Å². The number of phenolic OH excluding ortho intramolecular Hbond substituents is 1. The van der Waals surface area contributed by atoms with Crippen molar-refractivity contribution >= 4 is 11.1 Å². The molecule has 0 aromatic heterocycles. The van der Waals surface area contributed by atoms with Gasteiger partial charge < -0.3 is 19.3 Å². The number of benzene rings is 3. The SMILES string of the molecule is COc1ccc(C2=C(c3ccc(OC)cc3)c3ccc(O)c(C)c3OC2)cc1. The van der Waals surface area contributed by atoms with Crippen molar-refractivity contribution in [3.63, 3.8) is 0 Å². The standard InChI is InChI=1S/C24H22O4/c1-15-22(25)13-12-20-23(17-6-10-19(27-3)11-7-17)21(14-28-24(15)20)16-4-8-18(26-2)9-5-16/h4-13,25H,14H2,1-3H3. The first-order valence-corrected chi connectivity index (χ1v) is 9.10. The van der Waals surface area contributed by atoms with E-state index in [0.29, 0.717) is 6.61 Å². The quantitative estimate of drug-likeness (QED) is 0.693. The minimum absolute atomic E-state index is 0.237. The Balaban J connectivity index is 1.94. The summed E-state index contributed by atoms with van der Waals surface area (Å²) < 4.78 is 16.7. The molecular weight excluding hydrogens is 352 g/mol. The fourth-order valence-corrected chi connectivity index (χ4v) is 3.55. The summed E-state index contributed by atoms with van der Waals surface area (Å²) >= 11 is 0. The van der Waals surface area contributed by atoms with E-state index in [-0.39, 0.29) is 5.75 Å². The van der Waals surface area contributed by atoms with Crippen LogP contribution in [-0.2, 0) is 0 Å². The molecule has 0 saturated heterocycles. The van der Waals surface area contributed by atoms with Crippen LogP contribution < -0.4 is 14.2 Å². The molecule has 4 heteroatoms. The van der Waals surface area contributed by atoms with Gasteiger partial charge in [0.1, 0.15) is 29.6 Å². The Bertz CT molecular complexity index is 1030. The lowest BCUT2D eigenvalue weighted by molar-refractivity contribution is 0.357. The van der Waals surface area contributed by atoms with E-state index in [1.54, 1.807) is 20.3 Å². The van der Waals surface area contributed by atoms with Gasteiger partial charge in [-0.2, -0.15) is 0 Å². The second-order valence-electron chi connectivity index (χ2n) is 6.69. The minimum atomic E-state index is 0.237. The summed E-state index contributed by atoms with van der Waals surface area (Å²) in [4.78, 5) is 0. The van der Waals surface area contributed by atoms with Gasteiger partial charge in [-0.15, -0.1) is 0 Å². The molecule has 0 aliphatic carbocycles. The largest absolute Gasteiger partial charge is 0.508 e. The number of hydrogen-bond acceptors (Lipinski definition) is 4. The zero-order chi connectivity index (χ0) is 19.7. The smallest absolute Gasteiger partial charge is 0.134 e. The predicted octanol–water partition coefficient (Wildman–Crippen LogP) is 5.07. The average Bonchev–Trinajstić information content (AvgIpc) is 2.76. The van der Waals surface area contributed by atoms with Crippen molar-refractivity contribution in [3.05, 3.63) is 82.9 Å². The Kier molecular flexibility index (Phi) is 4.70. The first-order valence-electron chi connectivity index (χ1n) is 9.10. The Hall–Kier alpha value is -3.40. The van der Waals surface area contributed by atoms with Crippen LogP contribution in [-0.4, -0.2) is 25.9 Å². The minimum Gasteiger partial charge on any atom is -0.508 e. The van der Waals surface area contributed by atoms with E-state index in [0.717, 1.165) is 50.6 Å².